The van der Waals surface area contributed by atoms with Crippen LogP contribution in [0.2, 0.25) is 0 Å². The van der Waals surface area contributed by atoms with Crippen molar-refractivity contribution >= 4 is 0 Å². The molecule has 44 valence electrons. The summed E-state index contributed by atoms with van der Waals surface area (Å²) in [5.74, 6) is 0. The van der Waals surface area contributed by atoms with Crippen LogP contribution in [0.3, 0.4) is 0 Å². The summed E-state index contributed by atoms with van der Waals surface area (Å²) in [5, 5.41) is 0. The van der Waals surface area contributed by atoms with Gasteiger partial charge in [0.25, 0.3) is 0 Å². The van der Waals surface area contributed by atoms with Crippen molar-refractivity contribution in [2.24, 2.45) is 0 Å². The second-order valence-corrected chi connectivity index (χ2v) is 2.28. The molecule has 0 saturated heterocycles. The average Bonchev–Trinajstić information content (AvgIpc) is 1.62. The van der Waals surface area contributed by atoms with Crippen molar-refractivity contribution in [3.8, 4) is 0 Å². The molecule has 0 spiro atoms. The lowest BCUT2D eigenvalue weighted by molar-refractivity contribution is 0.717. The van der Waals surface area contributed by atoms with E-state index in [-0.39, 0.29) is 0 Å². The first-order valence-electron chi connectivity index (χ1n) is 3.47. The third-order valence-electron chi connectivity index (χ3n) is 1.50. The Hall–Kier alpha value is -0.390. The molecule has 1 aliphatic rings. The van der Waals surface area contributed by atoms with E-state index in [0.717, 1.165) is 0 Å². The summed E-state index contributed by atoms with van der Waals surface area (Å²) in [7, 11) is 0. The van der Waals surface area contributed by atoms with Gasteiger partial charge in [0.2, 0.25) is 0 Å². The van der Waals surface area contributed by atoms with Gasteiger partial charge >= 0.3 is 0 Å². The smallest absolute Gasteiger partial charge is 0.0843 e. The van der Waals surface area contributed by atoms with Gasteiger partial charge in [-0.25, -0.2) is 0 Å². The van der Waals surface area contributed by atoms with Gasteiger partial charge in [0.1, 0.15) is 6.42 Å². The van der Waals surface area contributed by atoms with Gasteiger partial charge in [-0.05, 0) is 25.3 Å². The SMILES string of the molecule is C1=CCCCC[CH+]C1. The Balaban J connectivity index is 2.17. The second kappa shape index (κ2) is 3.59. The lowest BCUT2D eigenvalue weighted by Gasteiger charge is -1.93. The van der Waals surface area contributed by atoms with Crippen LogP contribution in [0, 0.1) is 6.42 Å². The second-order valence-electron chi connectivity index (χ2n) is 2.28. The van der Waals surface area contributed by atoms with E-state index >= 15 is 0 Å². The zero-order chi connectivity index (χ0) is 5.66. The minimum absolute atomic E-state index is 1.19. The molecule has 0 N–H and O–H groups in total. The van der Waals surface area contributed by atoms with Gasteiger partial charge in [-0.15, -0.1) is 0 Å². The number of rotatable bonds is 0. The van der Waals surface area contributed by atoms with E-state index in [9.17, 15) is 0 Å². The van der Waals surface area contributed by atoms with Gasteiger partial charge < -0.3 is 0 Å². The summed E-state index contributed by atoms with van der Waals surface area (Å²) in [6.07, 6.45) is 13.5. The molecule has 0 aromatic rings. The van der Waals surface area contributed by atoms with Crippen LogP contribution in [-0.4, -0.2) is 0 Å². The minimum atomic E-state index is 1.19. The van der Waals surface area contributed by atoms with Crippen LogP contribution < -0.4 is 0 Å². The Morgan fingerprint density at radius 1 is 1.12 bits per heavy atom. The van der Waals surface area contributed by atoms with E-state index in [1.54, 1.807) is 0 Å². The molecular weight excluding hydrogens is 96.1 g/mol. The maximum atomic E-state index is 2.36. The van der Waals surface area contributed by atoms with Crippen LogP contribution in [0.1, 0.15) is 32.1 Å². The van der Waals surface area contributed by atoms with Gasteiger partial charge in [0, 0.05) is 0 Å². The van der Waals surface area contributed by atoms with E-state index in [1.165, 1.54) is 32.1 Å². The monoisotopic (exact) mass is 109 g/mol. The molecule has 0 heterocycles. The van der Waals surface area contributed by atoms with Crippen molar-refractivity contribution in [2.45, 2.75) is 32.1 Å². The molecule has 0 aromatic carbocycles. The Kier molecular flexibility index (Phi) is 2.58. The Morgan fingerprint density at radius 3 is 3.12 bits per heavy atom. The van der Waals surface area contributed by atoms with Crippen LogP contribution >= 0.6 is 0 Å². The normalized spacial score (nSPS) is 21.0. The number of hydrogen-bond donors (Lipinski definition) is 0. The third-order valence-corrected chi connectivity index (χ3v) is 1.50. The van der Waals surface area contributed by atoms with Gasteiger partial charge in [-0.1, -0.05) is 6.08 Å². The molecule has 0 amide bonds. The molecule has 0 fully saturated rings. The molecule has 0 bridgehead atoms. The van der Waals surface area contributed by atoms with Crippen LogP contribution in [0.15, 0.2) is 12.2 Å². The van der Waals surface area contributed by atoms with Gasteiger partial charge in [0.05, 0.1) is 12.8 Å². The standard InChI is InChI=1S/C8H13/c1-2-4-6-8-7-5-3-1/h1-2,5H,3-4,6-8H2/q+1. The molecule has 0 atom stereocenters. The molecule has 0 saturated carbocycles. The Labute approximate surface area is 51.6 Å². The molecule has 1 rings (SSSR count). The highest BCUT2D eigenvalue weighted by Crippen LogP contribution is 2.08. The highest BCUT2D eigenvalue weighted by atomic mass is 14.0. The van der Waals surface area contributed by atoms with Gasteiger partial charge in [-0.2, -0.15) is 0 Å². The first-order valence-corrected chi connectivity index (χ1v) is 3.47. The first kappa shape index (κ1) is 5.74. The average molecular weight is 109 g/mol. The van der Waals surface area contributed by atoms with Crippen molar-refractivity contribution in [2.75, 3.05) is 0 Å². The fourth-order valence-electron chi connectivity index (χ4n) is 0.979. The molecule has 0 unspecified atom stereocenters. The molecule has 0 aliphatic heterocycles. The van der Waals surface area contributed by atoms with Crippen LogP contribution in [-0.2, 0) is 0 Å². The summed E-state index contributed by atoms with van der Waals surface area (Å²) < 4.78 is 0. The van der Waals surface area contributed by atoms with Crippen molar-refractivity contribution in [1.29, 1.82) is 0 Å². The largest absolute Gasteiger partial charge is 0.106 e. The third kappa shape index (κ3) is 2.06. The molecule has 1 aliphatic carbocycles. The summed E-state index contributed by atoms with van der Waals surface area (Å²) in [4.78, 5) is 0. The summed E-state index contributed by atoms with van der Waals surface area (Å²) in [6, 6.07) is 0. The molecular formula is C8H13+. The van der Waals surface area contributed by atoms with Crippen LogP contribution in [0.4, 0.5) is 0 Å². The zero-order valence-electron chi connectivity index (χ0n) is 5.27. The highest BCUT2D eigenvalue weighted by Gasteiger charge is 1.97. The predicted molar refractivity (Wildman–Crippen MR) is 36.5 cm³/mol. The molecule has 0 aromatic heterocycles. The maximum absolute atomic E-state index is 2.36. The zero-order valence-corrected chi connectivity index (χ0v) is 5.27. The van der Waals surface area contributed by atoms with Crippen LogP contribution in [0.5, 0.6) is 0 Å². The van der Waals surface area contributed by atoms with E-state index in [1.807, 2.05) is 0 Å². The summed E-state index contributed by atoms with van der Waals surface area (Å²) in [6.45, 7) is 0. The Bertz CT molecular complexity index is 62.1. The van der Waals surface area contributed by atoms with Crippen molar-refractivity contribution in [1.82, 2.24) is 0 Å². The van der Waals surface area contributed by atoms with Crippen LogP contribution in [0.25, 0.3) is 0 Å². The maximum Gasteiger partial charge on any atom is 0.106 e. The fraction of sp³-hybridized carbons (Fsp3) is 0.625. The fourth-order valence-corrected chi connectivity index (χ4v) is 0.979. The lowest BCUT2D eigenvalue weighted by Crippen LogP contribution is -1.81. The predicted octanol–water partition coefficient (Wildman–Crippen LogP) is 2.71. The van der Waals surface area contributed by atoms with E-state index in [2.05, 4.69) is 18.6 Å². The minimum Gasteiger partial charge on any atom is -0.0843 e. The van der Waals surface area contributed by atoms with Crippen molar-refractivity contribution in [3.05, 3.63) is 18.6 Å². The van der Waals surface area contributed by atoms with E-state index in [0.29, 0.717) is 0 Å². The summed E-state index contributed by atoms with van der Waals surface area (Å²) in [5.41, 5.74) is 0. The molecule has 0 radical (unpaired) electrons. The van der Waals surface area contributed by atoms with Crippen molar-refractivity contribution < 1.29 is 0 Å². The quantitative estimate of drug-likeness (QED) is 0.331. The van der Waals surface area contributed by atoms with E-state index < -0.39 is 0 Å². The van der Waals surface area contributed by atoms with Crippen molar-refractivity contribution in [3.63, 3.8) is 0 Å². The van der Waals surface area contributed by atoms with Gasteiger partial charge in [0.15, 0.2) is 0 Å². The van der Waals surface area contributed by atoms with Gasteiger partial charge in [-0.3, -0.25) is 0 Å². The Morgan fingerprint density at radius 2 is 2.12 bits per heavy atom. The molecule has 8 heavy (non-hydrogen) atoms. The van der Waals surface area contributed by atoms with E-state index in [4.69, 9.17) is 0 Å². The highest BCUT2D eigenvalue weighted by molar-refractivity contribution is 4.88. The first-order chi connectivity index (χ1) is 4.00. The lowest BCUT2D eigenvalue weighted by atomic mass is 10.1. The number of allylic oxidation sites excluding steroid dienone is 2. The molecule has 0 nitrogen and oxygen atoms in total. The summed E-state index contributed by atoms with van der Waals surface area (Å²) >= 11 is 0. The molecule has 0 heteroatoms. The topological polar surface area (TPSA) is 0 Å². The number of hydrogen-bond acceptors (Lipinski definition) is 0.